The normalized spacial score (nSPS) is 20.9. The molecule has 0 aromatic heterocycles. The average molecular weight is 392 g/mol. The van der Waals surface area contributed by atoms with Crippen LogP contribution in [0.3, 0.4) is 0 Å². The summed E-state index contributed by atoms with van der Waals surface area (Å²) in [6, 6.07) is 17.9. The smallest absolute Gasteiger partial charge is 0.239 e. The van der Waals surface area contributed by atoms with E-state index in [1.807, 2.05) is 42.5 Å². The van der Waals surface area contributed by atoms with Gasteiger partial charge in [-0.2, -0.15) is 0 Å². The Morgan fingerprint density at radius 1 is 1.10 bits per heavy atom. The van der Waals surface area contributed by atoms with Crippen LogP contribution in [0.25, 0.3) is 0 Å². The molecule has 5 nitrogen and oxygen atoms in total. The summed E-state index contributed by atoms with van der Waals surface area (Å²) in [5, 5.41) is 3.06. The molecule has 4 rings (SSSR count). The molecule has 152 valence electrons. The van der Waals surface area contributed by atoms with Crippen molar-refractivity contribution >= 4 is 11.8 Å². The molecule has 1 saturated heterocycles. The van der Waals surface area contributed by atoms with Crippen LogP contribution in [0.1, 0.15) is 36.8 Å². The van der Waals surface area contributed by atoms with Gasteiger partial charge in [0.15, 0.2) is 0 Å². The van der Waals surface area contributed by atoms with Crippen LogP contribution < -0.4 is 10.1 Å². The quantitative estimate of drug-likeness (QED) is 0.851. The lowest BCUT2D eigenvalue weighted by Crippen LogP contribution is -2.59. The number of amides is 2. The van der Waals surface area contributed by atoms with Gasteiger partial charge in [-0.25, -0.2) is 0 Å². The number of nitrogens with one attached hydrogen (secondary N) is 1. The van der Waals surface area contributed by atoms with E-state index in [9.17, 15) is 9.59 Å². The van der Waals surface area contributed by atoms with Gasteiger partial charge in [0, 0.05) is 6.54 Å². The van der Waals surface area contributed by atoms with E-state index in [2.05, 4.69) is 17.4 Å². The Morgan fingerprint density at radius 3 is 2.45 bits per heavy atom. The van der Waals surface area contributed by atoms with Gasteiger partial charge in [0.05, 0.1) is 25.1 Å². The molecule has 0 spiro atoms. The summed E-state index contributed by atoms with van der Waals surface area (Å²) < 4.78 is 5.28. The topological polar surface area (TPSA) is 58.6 Å². The molecule has 1 aliphatic heterocycles. The van der Waals surface area contributed by atoms with Crippen LogP contribution in [-0.4, -0.2) is 43.0 Å². The van der Waals surface area contributed by atoms with E-state index in [1.54, 1.807) is 12.0 Å². The van der Waals surface area contributed by atoms with Crippen molar-refractivity contribution in [2.75, 3.05) is 20.2 Å². The molecule has 1 saturated carbocycles. The Bertz CT molecular complexity index is 857. The summed E-state index contributed by atoms with van der Waals surface area (Å²) in [5.41, 5.74) is 1.67. The zero-order chi connectivity index (χ0) is 20.3. The summed E-state index contributed by atoms with van der Waals surface area (Å²) in [6.07, 6.45) is 4.46. The second kappa shape index (κ2) is 8.27. The van der Waals surface area contributed by atoms with Crippen molar-refractivity contribution in [1.29, 1.82) is 0 Å². The molecule has 0 radical (unpaired) electrons. The first-order valence-electron chi connectivity index (χ1n) is 10.4. The first kappa shape index (κ1) is 19.5. The van der Waals surface area contributed by atoms with Crippen LogP contribution in [0.15, 0.2) is 54.6 Å². The Hall–Kier alpha value is -2.82. The van der Waals surface area contributed by atoms with E-state index in [-0.39, 0.29) is 24.4 Å². The standard InChI is InChI=1S/C24H28N2O3/c1-29-21-11-9-19(10-12-21)24(13-5-6-14-24)23(28)26-16-20(25-22(27)17-26)15-18-7-3-2-4-8-18/h2-4,7-12,20H,5-6,13-17H2,1H3,(H,25,27)/t20-/m0/s1. The third-order valence-electron chi connectivity index (χ3n) is 6.26. The van der Waals surface area contributed by atoms with E-state index in [0.29, 0.717) is 6.54 Å². The highest BCUT2D eigenvalue weighted by Gasteiger charge is 2.46. The number of hydrogen-bond donors (Lipinski definition) is 1. The van der Waals surface area contributed by atoms with Crippen LogP contribution >= 0.6 is 0 Å². The summed E-state index contributed by atoms with van der Waals surface area (Å²) >= 11 is 0. The van der Waals surface area contributed by atoms with E-state index in [0.717, 1.165) is 49.0 Å². The van der Waals surface area contributed by atoms with E-state index < -0.39 is 5.41 Å². The van der Waals surface area contributed by atoms with Crippen LogP contribution in [0.4, 0.5) is 0 Å². The number of piperazine rings is 1. The lowest BCUT2D eigenvalue weighted by Gasteiger charge is -2.39. The molecule has 2 aliphatic rings. The SMILES string of the molecule is COc1ccc(C2(C(=O)N3CC(=O)N[C@@H](Cc4ccccc4)C3)CCCC2)cc1. The molecule has 2 amide bonds. The number of rotatable bonds is 5. The van der Waals surface area contributed by atoms with Gasteiger partial charge >= 0.3 is 0 Å². The summed E-state index contributed by atoms with van der Waals surface area (Å²) in [7, 11) is 1.64. The van der Waals surface area contributed by atoms with Crippen molar-refractivity contribution in [3.05, 3.63) is 65.7 Å². The second-order valence-corrected chi connectivity index (χ2v) is 8.16. The highest BCUT2D eigenvalue weighted by molar-refractivity contribution is 5.93. The zero-order valence-corrected chi connectivity index (χ0v) is 16.9. The molecule has 1 atom stereocenters. The minimum atomic E-state index is -0.527. The molecular formula is C24H28N2O3. The van der Waals surface area contributed by atoms with Crippen LogP contribution in [-0.2, 0) is 21.4 Å². The van der Waals surface area contributed by atoms with Crippen molar-refractivity contribution < 1.29 is 14.3 Å². The fraction of sp³-hybridized carbons (Fsp3) is 0.417. The number of ether oxygens (including phenoxy) is 1. The summed E-state index contributed by atoms with van der Waals surface area (Å²) in [5.74, 6) is 0.802. The number of benzene rings is 2. The minimum absolute atomic E-state index is 0.0584. The van der Waals surface area contributed by atoms with E-state index in [4.69, 9.17) is 4.74 Å². The van der Waals surface area contributed by atoms with Crippen molar-refractivity contribution in [3.63, 3.8) is 0 Å². The largest absolute Gasteiger partial charge is 0.497 e. The maximum Gasteiger partial charge on any atom is 0.239 e. The average Bonchev–Trinajstić information content (AvgIpc) is 3.25. The molecule has 2 fully saturated rings. The Labute approximate surface area is 172 Å². The molecule has 1 heterocycles. The molecule has 5 heteroatoms. The predicted octanol–water partition coefficient (Wildman–Crippen LogP) is 3.08. The fourth-order valence-corrected chi connectivity index (χ4v) is 4.81. The lowest BCUT2D eigenvalue weighted by molar-refractivity contribution is -0.144. The molecule has 1 N–H and O–H groups in total. The van der Waals surface area contributed by atoms with Crippen LogP contribution in [0, 0.1) is 0 Å². The van der Waals surface area contributed by atoms with Gasteiger partial charge in [-0.1, -0.05) is 55.3 Å². The summed E-state index contributed by atoms with van der Waals surface area (Å²) in [4.78, 5) is 27.9. The molecular weight excluding hydrogens is 364 g/mol. The molecule has 2 aromatic carbocycles. The molecule has 1 aliphatic carbocycles. The molecule has 29 heavy (non-hydrogen) atoms. The third-order valence-corrected chi connectivity index (χ3v) is 6.26. The van der Waals surface area contributed by atoms with Crippen LogP contribution in [0.5, 0.6) is 5.75 Å². The van der Waals surface area contributed by atoms with Gasteiger partial charge < -0.3 is 15.0 Å². The Balaban J connectivity index is 1.56. The zero-order valence-electron chi connectivity index (χ0n) is 16.9. The number of nitrogens with zero attached hydrogens (tertiary/aromatic N) is 1. The van der Waals surface area contributed by atoms with Crippen molar-refractivity contribution in [3.8, 4) is 5.75 Å². The van der Waals surface area contributed by atoms with Gasteiger partial charge in [-0.3, -0.25) is 9.59 Å². The van der Waals surface area contributed by atoms with Crippen molar-refractivity contribution in [1.82, 2.24) is 10.2 Å². The lowest BCUT2D eigenvalue weighted by atomic mass is 9.77. The van der Waals surface area contributed by atoms with Gasteiger partial charge in [-0.05, 0) is 42.5 Å². The van der Waals surface area contributed by atoms with Gasteiger partial charge in [0.1, 0.15) is 5.75 Å². The Kier molecular flexibility index (Phi) is 5.56. The summed E-state index contributed by atoms with van der Waals surface area (Å²) in [6.45, 7) is 0.694. The minimum Gasteiger partial charge on any atom is -0.497 e. The van der Waals surface area contributed by atoms with E-state index >= 15 is 0 Å². The highest BCUT2D eigenvalue weighted by Crippen LogP contribution is 2.43. The fourth-order valence-electron chi connectivity index (χ4n) is 4.81. The second-order valence-electron chi connectivity index (χ2n) is 8.16. The van der Waals surface area contributed by atoms with Crippen molar-refractivity contribution in [2.24, 2.45) is 0 Å². The van der Waals surface area contributed by atoms with Crippen molar-refractivity contribution in [2.45, 2.75) is 43.6 Å². The monoisotopic (exact) mass is 392 g/mol. The number of carbonyl (C=O) groups excluding carboxylic acids is 2. The van der Waals surface area contributed by atoms with Crippen LogP contribution in [0.2, 0.25) is 0 Å². The Morgan fingerprint density at radius 2 is 1.79 bits per heavy atom. The van der Waals surface area contributed by atoms with Gasteiger partial charge in [-0.15, -0.1) is 0 Å². The number of methoxy groups -OCH3 is 1. The molecule has 0 unspecified atom stereocenters. The number of carbonyl (C=O) groups is 2. The first-order chi connectivity index (χ1) is 14.1. The maximum atomic E-state index is 13.7. The maximum absolute atomic E-state index is 13.7. The first-order valence-corrected chi connectivity index (χ1v) is 10.4. The predicted molar refractivity (Wildman–Crippen MR) is 112 cm³/mol. The highest BCUT2D eigenvalue weighted by atomic mass is 16.5. The molecule has 2 aromatic rings. The number of hydrogen-bond acceptors (Lipinski definition) is 3. The molecule has 0 bridgehead atoms. The van der Waals surface area contributed by atoms with E-state index in [1.165, 1.54) is 0 Å². The van der Waals surface area contributed by atoms with Gasteiger partial charge in [0.25, 0.3) is 0 Å². The van der Waals surface area contributed by atoms with Gasteiger partial charge in [0.2, 0.25) is 11.8 Å². The third kappa shape index (κ3) is 4.00.